The maximum absolute atomic E-state index is 12.5. The summed E-state index contributed by atoms with van der Waals surface area (Å²) in [6.07, 6.45) is 7.50. The van der Waals surface area contributed by atoms with Crippen molar-refractivity contribution in [3.8, 4) is 0 Å². The first kappa shape index (κ1) is 21.4. The van der Waals surface area contributed by atoms with Crippen molar-refractivity contribution >= 4 is 17.5 Å². The van der Waals surface area contributed by atoms with Gasteiger partial charge in [-0.05, 0) is 38.4 Å². The van der Waals surface area contributed by atoms with Crippen LogP contribution in [0.1, 0.15) is 58.8 Å². The van der Waals surface area contributed by atoms with Crippen molar-refractivity contribution in [3.05, 3.63) is 11.3 Å². The molecule has 0 aromatic rings. The summed E-state index contributed by atoms with van der Waals surface area (Å²) in [6.45, 7) is 6.11. The lowest BCUT2D eigenvalue weighted by Gasteiger charge is -2.17. The van der Waals surface area contributed by atoms with Gasteiger partial charge in [0.2, 0.25) is 5.91 Å². The molecule has 0 atom stereocenters. The van der Waals surface area contributed by atoms with Crippen LogP contribution in [-0.2, 0) is 9.59 Å². The van der Waals surface area contributed by atoms with Crippen LogP contribution in [0.5, 0.6) is 0 Å². The maximum atomic E-state index is 12.5. The van der Waals surface area contributed by atoms with Crippen molar-refractivity contribution in [1.82, 2.24) is 15.5 Å². The van der Waals surface area contributed by atoms with Gasteiger partial charge < -0.3 is 15.5 Å². The molecular formula is C19H34N4O2. The molecule has 0 spiro atoms. The molecule has 0 aromatic heterocycles. The van der Waals surface area contributed by atoms with Crippen LogP contribution >= 0.6 is 0 Å². The van der Waals surface area contributed by atoms with Crippen LogP contribution in [0.15, 0.2) is 16.3 Å². The van der Waals surface area contributed by atoms with E-state index in [1.165, 1.54) is 12.8 Å². The molecule has 1 heterocycles. The fourth-order valence-corrected chi connectivity index (χ4v) is 2.84. The third kappa shape index (κ3) is 7.82. The van der Waals surface area contributed by atoms with E-state index < -0.39 is 0 Å². The van der Waals surface area contributed by atoms with E-state index in [1.807, 2.05) is 0 Å². The van der Waals surface area contributed by atoms with Gasteiger partial charge >= 0.3 is 0 Å². The highest BCUT2D eigenvalue weighted by atomic mass is 16.2. The van der Waals surface area contributed by atoms with Crippen LogP contribution in [0.25, 0.3) is 0 Å². The van der Waals surface area contributed by atoms with Gasteiger partial charge in [0.15, 0.2) is 0 Å². The summed E-state index contributed by atoms with van der Waals surface area (Å²) in [4.78, 5) is 30.7. The average molecular weight is 351 g/mol. The number of aliphatic imine (C=N–C) groups is 1. The molecule has 0 fully saturated rings. The van der Waals surface area contributed by atoms with E-state index in [9.17, 15) is 9.59 Å². The van der Waals surface area contributed by atoms with Crippen LogP contribution in [0.2, 0.25) is 0 Å². The molecule has 1 rings (SSSR count). The number of rotatable bonds is 12. The Balaban J connectivity index is 2.74. The number of nitrogens with one attached hydrogen (secondary N) is 2. The molecule has 25 heavy (non-hydrogen) atoms. The molecule has 2 N–H and O–H groups in total. The minimum Gasteiger partial charge on any atom is -0.358 e. The van der Waals surface area contributed by atoms with Crippen LogP contribution in [0.3, 0.4) is 0 Å². The molecule has 2 amide bonds. The van der Waals surface area contributed by atoms with Gasteiger partial charge in [-0.25, -0.2) is 0 Å². The van der Waals surface area contributed by atoms with E-state index in [1.54, 1.807) is 7.05 Å². The summed E-state index contributed by atoms with van der Waals surface area (Å²) in [5.41, 5.74) is 2.68. The molecule has 0 unspecified atom stereocenters. The molecule has 0 bridgehead atoms. The molecule has 6 heteroatoms. The smallest absolute Gasteiger partial charge is 0.270 e. The lowest BCUT2D eigenvalue weighted by atomic mass is 10.0. The third-order valence-corrected chi connectivity index (χ3v) is 4.35. The zero-order chi connectivity index (χ0) is 18.7. The summed E-state index contributed by atoms with van der Waals surface area (Å²) >= 11 is 0. The lowest BCUT2D eigenvalue weighted by Crippen LogP contribution is -2.36. The monoisotopic (exact) mass is 350 g/mol. The Kier molecular flexibility index (Phi) is 10.1. The number of unbranched alkanes of at least 4 members (excludes halogenated alkanes) is 3. The first-order chi connectivity index (χ1) is 12.0. The lowest BCUT2D eigenvalue weighted by molar-refractivity contribution is -0.124. The Morgan fingerprint density at radius 1 is 1.16 bits per heavy atom. The van der Waals surface area contributed by atoms with Crippen molar-refractivity contribution < 1.29 is 9.59 Å². The van der Waals surface area contributed by atoms with Gasteiger partial charge in [-0.1, -0.05) is 33.1 Å². The number of hydrogen-bond acceptors (Lipinski definition) is 4. The van der Waals surface area contributed by atoms with Gasteiger partial charge in [-0.3, -0.25) is 14.6 Å². The molecule has 6 nitrogen and oxygen atoms in total. The molecule has 0 aliphatic carbocycles. The first-order valence-electron chi connectivity index (χ1n) is 9.47. The third-order valence-electron chi connectivity index (χ3n) is 4.35. The molecule has 142 valence electrons. The minimum atomic E-state index is -0.243. The average Bonchev–Trinajstić information content (AvgIpc) is 3.00. The second-order valence-electron chi connectivity index (χ2n) is 6.71. The van der Waals surface area contributed by atoms with Crippen LogP contribution in [0, 0.1) is 0 Å². The highest BCUT2D eigenvalue weighted by molar-refractivity contribution is 6.03. The SMILES string of the molecule is CCCCCC1=NC(C(=O)NCC(=O)NC)=C(CN(C)CCCC)C1. The number of carbonyl (C=O) groups excluding carboxylic acids is 2. The van der Waals surface area contributed by atoms with Crippen LogP contribution < -0.4 is 10.6 Å². The topological polar surface area (TPSA) is 73.8 Å². The van der Waals surface area contributed by atoms with Crippen molar-refractivity contribution in [1.29, 1.82) is 0 Å². The van der Waals surface area contributed by atoms with E-state index in [0.29, 0.717) is 5.70 Å². The Bertz CT molecular complexity index is 512. The Hall–Kier alpha value is -1.69. The summed E-state index contributed by atoms with van der Waals surface area (Å²) in [5, 5.41) is 5.18. The number of amides is 2. The number of hydrogen-bond donors (Lipinski definition) is 2. The highest BCUT2D eigenvalue weighted by Crippen LogP contribution is 2.23. The summed E-state index contributed by atoms with van der Waals surface area (Å²) in [7, 11) is 3.64. The normalized spacial score (nSPS) is 14.0. The molecule has 0 aromatic carbocycles. The van der Waals surface area contributed by atoms with Crippen molar-refractivity contribution in [2.45, 2.75) is 58.8 Å². The van der Waals surface area contributed by atoms with E-state index in [2.05, 4.69) is 41.4 Å². The van der Waals surface area contributed by atoms with E-state index in [0.717, 1.165) is 56.5 Å². The molecule has 0 radical (unpaired) electrons. The largest absolute Gasteiger partial charge is 0.358 e. The number of likely N-dealkylation sites (N-methyl/N-ethyl adjacent to an activating group) is 2. The van der Waals surface area contributed by atoms with Crippen molar-refractivity contribution in [2.75, 3.05) is 33.7 Å². The fraction of sp³-hybridized carbons (Fsp3) is 0.737. The van der Waals surface area contributed by atoms with Crippen molar-refractivity contribution in [3.63, 3.8) is 0 Å². The number of carbonyl (C=O) groups is 2. The second kappa shape index (κ2) is 11.8. The summed E-state index contributed by atoms with van der Waals surface area (Å²) < 4.78 is 0. The molecule has 0 saturated heterocycles. The van der Waals surface area contributed by atoms with Crippen LogP contribution in [-0.4, -0.2) is 56.2 Å². The van der Waals surface area contributed by atoms with Crippen LogP contribution in [0.4, 0.5) is 0 Å². The Morgan fingerprint density at radius 2 is 1.88 bits per heavy atom. The van der Waals surface area contributed by atoms with Gasteiger partial charge in [0.25, 0.3) is 5.91 Å². The summed E-state index contributed by atoms with van der Waals surface area (Å²) in [6, 6.07) is 0. The molecular weight excluding hydrogens is 316 g/mol. The van der Waals surface area contributed by atoms with Gasteiger partial charge in [0.05, 0.1) is 6.54 Å². The molecule has 1 aliphatic rings. The van der Waals surface area contributed by atoms with E-state index >= 15 is 0 Å². The highest BCUT2D eigenvalue weighted by Gasteiger charge is 2.24. The molecule has 0 saturated carbocycles. The van der Waals surface area contributed by atoms with Gasteiger partial charge in [-0.15, -0.1) is 0 Å². The second-order valence-corrected chi connectivity index (χ2v) is 6.71. The minimum absolute atomic E-state index is 0.0154. The van der Waals surface area contributed by atoms with Gasteiger partial charge in [-0.2, -0.15) is 0 Å². The van der Waals surface area contributed by atoms with E-state index in [4.69, 9.17) is 0 Å². The summed E-state index contributed by atoms with van der Waals surface area (Å²) in [5.74, 6) is -0.450. The molecule has 1 aliphatic heterocycles. The fourth-order valence-electron chi connectivity index (χ4n) is 2.84. The Morgan fingerprint density at radius 3 is 2.52 bits per heavy atom. The van der Waals surface area contributed by atoms with Gasteiger partial charge in [0, 0.05) is 25.7 Å². The predicted octanol–water partition coefficient (Wildman–Crippen LogP) is 2.26. The standard InChI is InChI=1S/C19H34N4O2/c1-5-7-9-10-16-12-15(14-23(4)11-8-6-2)18(22-16)19(25)21-13-17(24)20-3/h5-14H2,1-4H3,(H,20,24)(H,21,25). The Labute approximate surface area is 152 Å². The quantitative estimate of drug-likeness (QED) is 0.530. The zero-order valence-corrected chi connectivity index (χ0v) is 16.3. The maximum Gasteiger partial charge on any atom is 0.270 e. The first-order valence-corrected chi connectivity index (χ1v) is 9.47. The van der Waals surface area contributed by atoms with E-state index in [-0.39, 0.29) is 18.4 Å². The van der Waals surface area contributed by atoms with Gasteiger partial charge in [0.1, 0.15) is 5.70 Å². The zero-order valence-electron chi connectivity index (χ0n) is 16.3. The predicted molar refractivity (Wildman–Crippen MR) is 103 cm³/mol. The number of nitrogens with zero attached hydrogens (tertiary/aromatic N) is 2. The van der Waals surface area contributed by atoms with Crippen molar-refractivity contribution in [2.24, 2.45) is 4.99 Å².